The van der Waals surface area contributed by atoms with Crippen LogP contribution in [0.15, 0.2) is 15.3 Å². The molecule has 6 nitrogen and oxygen atoms in total. The highest BCUT2D eigenvalue weighted by atomic mass is 35.5. The molecule has 1 aromatic heterocycles. The Morgan fingerprint density at radius 3 is 2.89 bits per heavy atom. The molecule has 1 rings (SSSR count). The number of hydrogen-bond acceptors (Lipinski definition) is 5. The summed E-state index contributed by atoms with van der Waals surface area (Å²) in [6, 6.07) is 1.40. The predicted octanol–water partition coefficient (Wildman–Crippen LogP) is 2.29. The summed E-state index contributed by atoms with van der Waals surface area (Å²) >= 11 is 10.5. The molecule has 0 amide bonds. The standard InChI is InChI=1S/C10H10ClNO5S/c1-5(18)12-7-4-8(11)17-9(13)6(7)2-3-16-10(14)15/h4H,2-3H2,1H3,(H,12,18)(H,14,15). The van der Waals surface area contributed by atoms with Gasteiger partial charge in [-0.1, -0.05) is 12.2 Å². The summed E-state index contributed by atoms with van der Waals surface area (Å²) in [6.07, 6.45) is -1.34. The lowest BCUT2D eigenvalue weighted by Crippen LogP contribution is -2.17. The van der Waals surface area contributed by atoms with Gasteiger partial charge in [0.15, 0.2) is 5.22 Å². The minimum atomic E-state index is -1.41. The Morgan fingerprint density at radius 1 is 1.67 bits per heavy atom. The lowest BCUT2D eigenvalue weighted by molar-refractivity contribution is 0.0925. The van der Waals surface area contributed by atoms with Crippen molar-refractivity contribution in [1.82, 2.24) is 0 Å². The van der Waals surface area contributed by atoms with Crippen LogP contribution in [-0.4, -0.2) is 22.9 Å². The molecule has 0 aliphatic heterocycles. The van der Waals surface area contributed by atoms with E-state index in [0.717, 1.165) is 0 Å². The van der Waals surface area contributed by atoms with E-state index in [0.29, 0.717) is 10.7 Å². The van der Waals surface area contributed by atoms with E-state index in [1.165, 1.54) is 6.07 Å². The van der Waals surface area contributed by atoms with Crippen molar-refractivity contribution < 1.29 is 19.1 Å². The molecule has 18 heavy (non-hydrogen) atoms. The third kappa shape index (κ3) is 4.34. The molecule has 0 saturated heterocycles. The van der Waals surface area contributed by atoms with Gasteiger partial charge in [0, 0.05) is 12.5 Å². The molecule has 0 fully saturated rings. The zero-order chi connectivity index (χ0) is 13.7. The van der Waals surface area contributed by atoms with Crippen molar-refractivity contribution in [3.63, 3.8) is 0 Å². The van der Waals surface area contributed by atoms with Crippen LogP contribution in [0.5, 0.6) is 0 Å². The third-order valence-corrected chi connectivity index (χ3v) is 2.20. The zero-order valence-corrected chi connectivity index (χ0v) is 10.9. The summed E-state index contributed by atoms with van der Waals surface area (Å²) in [6.45, 7) is 1.47. The fourth-order valence-electron chi connectivity index (χ4n) is 1.27. The van der Waals surface area contributed by atoms with Crippen LogP contribution in [0, 0.1) is 0 Å². The lowest BCUT2D eigenvalue weighted by atomic mass is 10.2. The van der Waals surface area contributed by atoms with Crippen LogP contribution >= 0.6 is 23.8 Å². The summed E-state index contributed by atoms with van der Waals surface area (Å²) in [5, 5.41) is 11.0. The van der Waals surface area contributed by atoms with Gasteiger partial charge < -0.3 is 19.6 Å². The van der Waals surface area contributed by atoms with Crippen molar-refractivity contribution in [1.29, 1.82) is 0 Å². The van der Waals surface area contributed by atoms with Crippen molar-refractivity contribution in [2.45, 2.75) is 13.3 Å². The van der Waals surface area contributed by atoms with Gasteiger partial charge in [-0.2, -0.15) is 0 Å². The number of hydrogen-bond donors (Lipinski definition) is 2. The van der Waals surface area contributed by atoms with E-state index < -0.39 is 11.8 Å². The van der Waals surface area contributed by atoms with Gasteiger partial charge in [-0.3, -0.25) is 0 Å². The first-order valence-corrected chi connectivity index (χ1v) is 5.64. The summed E-state index contributed by atoms with van der Waals surface area (Å²) in [7, 11) is 0. The zero-order valence-electron chi connectivity index (χ0n) is 9.36. The van der Waals surface area contributed by atoms with Crippen molar-refractivity contribution >= 4 is 40.7 Å². The molecule has 0 atom stereocenters. The number of halogens is 1. The predicted molar refractivity (Wildman–Crippen MR) is 69.6 cm³/mol. The SMILES string of the molecule is CC(=S)Nc1cc(Cl)oc(=O)c1CCOC(=O)O. The molecular weight excluding hydrogens is 282 g/mol. The van der Waals surface area contributed by atoms with E-state index in [9.17, 15) is 9.59 Å². The van der Waals surface area contributed by atoms with E-state index in [2.05, 4.69) is 10.1 Å². The monoisotopic (exact) mass is 291 g/mol. The van der Waals surface area contributed by atoms with Gasteiger partial charge in [0.25, 0.3) is 0 Å². The van der Waals surface area contributed by atoms with Crippen LogP contribution < -0.4 is 10.9 Å². The maximum atomic E-state index is 11.6. The molecule has 0 aromatic carbocycles. The summed E-state index contributed by atoms with van der Waals surface area (Å²) < 4.78 is 9.05. The summed E-state index contributed by atoms with van der Waals surface area (Å²) in [5.74, 6) is 0. The Bertz CT molecular complexity index is 527. The number of nitrogens with one attached hydrogen (secondary N) is 1. The Hall–Kier alpha value is -1.60. The van der Waals surface area contributed by atoms with Crippen molar-refractivity contribution in [3.8, 4) is 0 Å². The van der Waals surface area contributed by atoms with Crippen LogP contribution in [-0.2, 0) is 11.2 Å². The largest absolute Gasteiger partial charge is 0.505 e. The second-order valence-corrected chi connectivity index (χ2v) is 4.26. The average Bonchev–Trinajstić information content (AvgIpc) is 2.20. The summed E-state index contributed by atoms with van der Waals surface area (Å²) in [4.78, 5) is 22.2. The highest BCUT2D eigenvalue weighted by Gasteiger charge is 2.12. The molecule has 2 N–H and O–H groups in total. The molecule has 0 radical (unpaired) electrons. The molecule has 1 heterocycles. The second kappa shape index (κ2) is 6.36. The molecule has 0 bridgehead atoms. The van der Waals surface area contributed by atoms with Gasteiger partial charge in [-0.25, -0.2) is 9.59 Å². The fourth-order valence-corrected chi connectivity index (χ4v) is 1.56. The minimum absolute atomic E-state index is 0.0662. The van der Waals surface area contributed by atoms with E-state index in [1.807, 2.05) is 0 Å². The maximum absolute atomic E-state index is 11.6. The van der Waals surface area contributed by atoms with Gasteiger partial charge in [0.2, 0.25) is 0 Å². The number of rotatable bonds is 4. The van der Waals surface area contributed by atoms with E-state index in [4.69, 9.17) is 33.3 Å². The maximum Gasteiger partial charge on any atom is 0.505 e. The van der Waals surface area contributed by atoms with Gasteiger partial charge >= 0.3 is 11.8 Å². The minimum Gasteiger partial charge on any atom is -0.450 e. The molecular formula is C10H10ClNO5S. The van der Waals surface area contributed by atoms with Crippen molar-refractivity contribution in [3.05, 3.63) is 27.3 Å². The molecule has 0 aliphatic rings. The van der Waals surface area contributed by atoms with Gasteiger partial charge in [-0.15, -0.1) is 0 Å². The first kappa shape index (κ1) is 14.5. The number of carboxylic acid groups (broad SMARTS) is 1. The molecule has 0 aliphatic carbocycles. The molecule has 0 unspecified atom stereocenters. The van der Waals surface area contributed by atoms with Crippen LogP contribution in [0.2, 0.25) is 5.22 Å². The van der Waals surface area contributed by atoms with Crippen molar-refractivity contribution in [2.75, 3.05) is 11.9 Å². The first-order valence-electron chi connectivity index (χ1n) is 4.86. The lowest BCUT2D eigenvalue weighted by Gasteiger charge is -2.09. The molecule has 0 saturated carbocycles. The van der Waals surface area contributed by atoms with Gasteiger partial charge in [0.1, 0.15) is 0 Å². The van der Waals surface area contributed by atoms with Crippen molar-refractivity contribution in [2.24, 2.45) is 0 Å². The third-order valence-electron chi connectivity index (χ3n) is 1.91. The first-order chi connectivity index (χ1) is 8.40. The van der Waals surface area contributed by atoms with Gasteiger partial charge in [0.05, 0.1) is 22.8 Å². The Balaban J connectivity index is 2.96. The topological polar surface area (TPSA) is 88.8 Å². The van der Waals surface area contributed by atoms with Gasteiger partial charge in [-0.05, 0) is 18.5 Å². The molecule has 8 heteroatoms. The fraction of sp³-hybridized carbons (Fsp3) is 0.300. The van der Waals surface area contributed by atoms with Crippen LogP contribution in [0.3, 0.4) is 0 Å². The molecule has 0 spiro atoms. The normalized spacial score (nSPS) is 9.89. The Labute approximate surface area is 113 Å². The van der Waals surface area contributed by atoms with Crippen LogP contribution in [0.1, 0.15) is 12.5 Å². The highest BCUT2D eigenvalue weighted by Crippen LogP contribution is 2.18. The number of thiocarbonyl (C=S) groups is 1. The Morgan fingerprint density at radius 2 is 2.33 bits per heavy atom. The quantitative estimate of drug-likeness (QED) is 0.650. The summed E-state index contributed by atoms with van der Waals surface area (Å²) in [5.41, 5.74) is -0.0437. The molecule has 98 valence electrons. The molecule has 1 aromatic rings. The highest BCUT2D eigenvalue weighted by molar-refractivity contribution is 7.80. The number of ether oxygens (including phenoxy) is 1. The second-order valence-electron chi connectivity index (χ2n) is 3.28. The van der Waals surface area contributed by atoms with E-state index in [1.54, 1.807) is 6.92 Å². The average molecular weight is 292 g/mol. The van der Waals surface area contributed by atoms with E-state index in [-0.39, 0.29) is 23.8 Å². The number of anilines is 1. The smallest absolute Gasteiger partial charge is 0.450 e. The Kier molecular flexibility index (Phi) is 5.11. The van der Waals surface area contributed by atoms with Crippen LogP contribution in [0.4, 0.5) is 10.5 Å². The van der Waals surface area contributed by atoms with Crippen LogP contribution in [0.25, 0.3) is 0 Å². The number of carbonyl (C=O) groups is 1. The van der Waals surface area contributed by atoms with E-state index >= 15 is 0 Å².